The van der Waals surface area contributed by atoms with Gasteiger partial charge in [0.05, 0.1) is 33.6 Å². The highest BCUT2D eigenvalue weighted by Gasteiger charge is 2.23. The van der Waals surface area contributed by atoms with Gasteiger partial charge in [0.15, 0.2) is 0 Å². The Labute approximate surface area is 164 Å². The molecule has 0 bridgehead atoms. The summed E-state index contributed by atoms with van der Waals surface area (Å²) in [4.78, 5) is 4.76. The molecule has 0 unspecified atom stereocenters. The van der Waals surface area contributed by atoms with Crippen molar-refractivity contribution in [2.45, 2.75) is 19.4 Å². The average Bonchev–Trinajstić information content (AvgIpc) is 2.96. The maximum atomic E-state index is 14.2. The van der Waals surface area contributed by atoms with Gasteiger partial charge in [-0.1, -0.05) is 11.6 Å². The summed E-state index contributed by atoms with van der Waals surface area (Å²) in [6.07, 6.45) is 2.71. The Balaban J connectivity index is 1.87. The molecule has 1 fully saturated rings. The lowest BCUT2D eigenvalue weighted by molar-refractivity contribution is 0.0286. The van der Waals surface area contributed by atoms with Crippen LogP contribution in [0.5, 0.6) is 0 Å². The minimum Gasteiger partial charge on any atom is -0.375 e. The van der Waals surface area contributed by atoms with Gasteiger partial charge in [-0.2, -0.15) is 0 Å². The number of aryl methyl sites for hydroxylation is 1. The predicted octanol–water partition coefficient (Wildman–Crippen LogP) is 4.40. The van der Waals surface area contributed by atoms with Gasteiger partial charge < -0.3 is 14.5 Å². The molecule has 3 heterocycles. The van der Waals surface area contributed by atoms with Crippen LogP contribution in [-0.4, -0.2) is 35.2 Å². The first kappa shape index (κ1) is 17.9. The average molecular weight is 439 g/mol. The Morgan fingerprint density at radius 2 is 2.27 bits per heavy atom. The summed E-state index contributed by atoms with van der Waals surface area (Å²) >= 11 is 9.60. The van der Waals surface area contributed by atoms with Crippen LogP contribution < -0.4 is 5.32 Å². The van der Waals surface area contributed by atoms with Crippen LogP contribution in [0.1, 0.15) is 11.3 Å². The van der Waals surface area contributed by atoms with Crippen molar-refractivity contribution in [1.29, 1.82) is 0 Å². The van der Waals surface area contributed by atoms with Crippen LogP contribution in [0.15, 0.2) is 34.9 Å². The largest absolute Gasteiger partial charge is 0.375 e. The normalized spacial score (nSPS) is 17.8. The zero-order valence-electron chi connectivity index (χ0n) is 14.2. The van der Waals surface area contributed by atoms with E-state index in [1.54, 1.807) is 6.07 Å². The topological polar surface area (TPSA) is 38.6 Å². The monoisotopic (exact) mass is 437 g/mol. The summed E-state index contributed by atoms with van der Waals surface area (Å²) in [6, 6.07) is 7.05. The van der Waals surface area contributed by atoms with Gasteiger partial charge in [-0.05, 0) is 52.7 Å². The van der Waals surface area contributed by atoms with Crippen LogP contribution in [-0.2, 0) is 11.2 Å². The van der Waals surface area contributed by atoms with E-state index in [9.17, 15) is 4.39 Å². The van der Waals surface area contributed by atoms with Gasteiger partial charge in [-0.3, -0.25) is 0 Å². The number of fused-ring (bicyclic) bond motifs is 1. The van der Waals surface area contributed by atoms with Crippen molar-refractivity contribution in [1.82, 2.24) is 14.7 Å². The van der Waals surface area contributed by atoms with Crippen LogP contribution in [0.25, 0.3) is 16.9 Å². The van der Waals surface area contributed by atoms with Gasteiger partial charge in [-0.15, -0.1) is 0 Å². The van der Waals surface area contributed by atoms with E-state index >= 15 is 0 Å². The molecular weight excluding hydrogens is 421 g/mol. The molecule has 26 heavy (non-hydrogen) atoms. The summed E-state index contributed by atoms with van der Waals surface area (Å²) in [7, 11) is 0. The number of nitrogens with one attached hydrogen (secondary N) is 1. The van der Waals surface area contributed by atoms with Gasteiger partial charge >= 0.3 is 0 Å². The Bertz CT molecular complexity index is 969. The van der Waals surface area contributed by atoms with E-state index in [2.05, 4.69) is 21.2 Å². The molecule has 2 aromatic heterocycles. The van der Waals surface area contributed by atoms with Crippen molar-refractivity contribution in [2.75, 3.05) is 19.7 Å². The van der Waals surface area contributed by atoms with E-state index in [1.807, 2.05) is 29.7 Å². The standard InChI is InChI=1S/C19H18BrClFN3O/c1-11-2-4-25-17(7-12-10-23-3-5-26-12)19(24-18(25)6-11)13-8-16(22)14(20)9-15(13)21/h2,4,6,8-9,12,23H,3,5,7,10H2,1H3/t12-/m0/s1. The number of rotatable bonds is 3. The first-order valence-electron chi connectivity index (χ1n) is 8.48. The highest BCUT2D eigenvalue weighted by molar-refractivity contribution is 9.10. The number of benzene rings is 1. The summed E-state index contributed by atoms with van der Waals surface area (Å²) in [5.41, 5.74) is 4.19. The maximum Gasteiger partial charge on any atom is 0.138 e. The second-order valence-electron chi connectivity index (χ2n) is 6.49. The summed E-state index contributed by atoms with van der Waals surface area (Å²) in [5, 5.41) is 3.81. The van der Waals surface area contributed by atoms with Crippen molar-refractivity contribution >= 4 is 33.2 Å². The Kier molecular flexibility index (Phi) is 5.01. The molecule has 4 rings (SSSR count). The number of hydrogen-bond acceptors (Lipinski definition) is 3. The van der Waals surface area contributed by atoms with E-state index in [0.717, 1.165) is 30.0 Å². The Morgan fingerprint density at radius 1 is 1.42 bits per heavy atom. The number of hydrogen-bond donors (Lipinski definition) is 1. The van der Waals surface area contributed by atoms with Gasteiger partial charge in [-0.25, -0.2) is 9.37 Å². The highest BCUT2D eigenvalue weighted by Crippen LogP contribution is 2.35. The number of nitrogens with zero attached hydrogens (tertiary/aromatic N) is 2. The smallest absolute Gasteiger partial charge is 0.138 e. The molecule has 136 valence electrons. The fourth-order valence-corrected chi connectivity index (χ4v) is 4.01. The minimum atomic E-state index is -0.362. The molecular formula is C19H18BrClFN3O. The lowest BCUT2D eigenvalue weighted by atomic mass is 10.1. The van der Waals surface area contributed by atoms with Gasteiger partial charge in [0.25, 0.3) is 0 Å². The molecule has 7 heteroatoms. The lowest BCUT2D eigenvalue weighted by Gasteiger charge is -2.24. The maximum absolute atomic E-state index is 14.2. The number of ether oxygens (including phenoxy) is 1. The second kappa shape index (κ2) is 7.27. The molecule has 0 spiro atoms. The molecule has 1 atom stereocenters. The summed E-state index contributed by atoms with van der Waals surface area (Å²) in [6.45, 7) is 4.35. The molecule has 1 N–H and O–H groups in total. The lowest BCUT2D eigenvalue weighted by Crippen LogP contribution is -2.39. The van der Waals surface area contributed by atoms with Crippen LogP contribution in [0.3, 0.4) is 0 Å². The minimum absolute atomic E-state index is 0.0442. The molecule has 0 radical (unpaired) electrons. The number of imidazole rings is 1. The molecule has 4 nitrogen and oxygen atoms in total. The van der Waals surface area contributed by atoms with E-state index in [1.165, 1.54) is 6.07 Å². The molecule has 0 amide bonds. The molecule has 0 aliphatic carbocycles. The van der Waals surface area contributed by atoms with Crippen LogP contribution in [0.4, 0.5) is 4.39 Å². The van der Waals surface area contributed by atoms with Crippen LogP contribution in [0, 0.1) is 12.7 Å². The SMILES string of the molecule is Cc1ccn2c(C[C@H]3CNCCO3)c(-c3cc(F)c(Br)cc3Cl)nc2c1. The summed E-state index contributed by atoms with van der Waals surface area (Å²) < 4.78 is 22.4. The number of morpholine rings is 1. The fourth-order valence-electron chi connectivity index (χ4n) is 3.28. The fraction of sp³-hybridized carbons (Fsp3) is 0.316. The van der Waals surface area contributed by atoms with Crippen molar-refractivity contribution in [2.24, 2.45) is 0 Å². The van der Waals surface area contributed by atoms with Crippen molar-refractivity contribution in [3.05, 3.63) is 57.0 Å². The molecule has 3 aromatic rings. The Hall–Kier alpha value is -1.47. The number of pyridine rings is 1. The summed E-state index contributed by atoms with van der Waals surface area (Å²) in [5.74, 6) is -0.362. The quantitative estimate of drug-likeness (QED) is 0.616. The zero-order chi connectivity index (χ0) is 18.3. The van der Waals surface area contributed by atoms with Gasteiger partial charge in [0.1, 0.15) is 11.5 Å². The molecule has 1 saturated heterocycles. The molecule has 1 aromatic carbocycles. The molecule has 1 aliphatic rings. The van der Waals surface area contributed by atoms with E-state index in [0.29, 0.717) is 33.8 Å². The van der Waals surface area contributed by atoms with Gasteiger partial charge in [0.2, 0.25) is 0 Å². The van der Waals surface area contributed by atoms with Crippen molar-refractivity contribution in [3.8, 4) is 11.3 Å². The predicted molar refractivity (Wildman–Crippen MR) is 104 cm³/mol. The third-order valence-electron chi connectivity index (χ3n) is 4.57. The first-order chi connectivity index (χ1) is 12.5. The zero-order valence-corrected chi connectivity index (χ0v) is 16.6. The highest BCUT2D eigenvalue weighted by atomic mass is 79.9. The van der Waals surface area contributed by atoms with E-state index in [-0.39, 0.29) is 11.9 Å². The molecule has 0 saturated carbocycles. The van der Waals surface area contributed by atoms with Gasteiger partial charge in [0, 0.05) is 31.3 Å². The molecule has 1 aliphatic heterocycles. The van der Waals surface area contributed by atoms with E-state index in [4.69, 9.17) is 21.3 Å². The van der Waals surface area contributed by atoms with Crippen LogP contribution in [0.2, 0.25) is 5.02 Å². The van der Waals surface area contributed by atoms with Crippen molar-refractivity contribution < 1.29 is 9.13 Å². The first-order valence-corrected chi connectivity index (χ1v) is 9.65. The van der Waals surface area contributed by atoms with E-state index < -0.39 is 0 Å². The Morgan fingerprint density at radius 3 is 3.04 bits per heavy atom. The third-order valence-corrected chi connectivity index (χ3v) is 5.49. The van der Waals surface area contributed by atoms with Crippen LogP contribution >= 0.6 is 27.5 Å². The second-order valence-corrected chi connectivity index (χ2v) is 7.75. The third kappa shape index (κ3) is 3.39. The number of aromatic nitrogens is 2. The number of halogens is 3. The van der Waals surface area contributed by atoms with Crippen molar-refractivity contribution in [3.63, 3.8) is 0 Å².